The number of aliphatic hydroxyl groups is 1. The van der Waals surface area contributed by atoms with Crippen LogP contribution in [0.4, 0.5) is 0 Å². The molecular weight excluding hydrogens is 440 g/mol. The Kier molecular flexibility index (Phi) is 7.73. The summed E-state index contributed by atoms with van der Waals surface area (Å²) in [6.45, 7) is 2.01. The standard InChI is InChI=1S/C22H23ClN2O5S/c1-13-21(31-20(25-13)12-30-15-6-4-14(23)5-7-15)22(27)24-11-18(26)17-10-16(28-2)8-9-19(17)29-3/h4-10,18,26H,11-12H2,1-3H3,(H,24,27). The van der Waals surface area contributed by atoms with Crippen LogP contribution in [-0.4, -0.2) is 36.8 Å². The van der Waals surface area contributed by atoms with Crippen molar-refractivity contribution in [1.29, 1.82) is 0 Å². The van der Waals surface area contributed by atoms with Gasteiger partial charge in [0.2, 0.25) is 0 Å². The van der Waals surface area contributed by atoms with Gasteiger partial charge >= 0.3 is 0 Å². The SMILES string of the molecule is COc1ccc(OC)c(C(O)CNC(=O)c2sc(COc3ccc(Cl)cc3)nc2C)c1. The van der Waals surface area contributed by atoms with Gasteiger partial charge in [0.1, 0.15) is 39.8 Å². The van der Waals surface area contributed by atoms with Crippen molar-refractivity contribution in [2.24, 2.45) is 0 Å². The monoisotopic (exact) mass is 462 g/mol. The van der Waals surface area contributed by atoms with Crippen molar-refractivity contribution in [3.05, 3.63) is 68.6 Å². The van der Waals surface area contributed by atoms with Gasteiger partial charge in [-0.2, -0.15) is 0 Å². The van der Waals surface area contributed by atoms with Crippen LogP contribution in [0.1, 0.15) is 32.0 Å². The van der Waals surface area contributed by atoms with Crippen molar-refractivity contribution in [2.45, 2.75) is 19.6 Å². The summed E-state index contributed by atoms with van der Waals surface area (Å²) in [4.78, 5) is 17.5. The number of hydrogen-bond donors (Lipinski definition) is 2. The Bertz CT molecular complexity index is 1040. The lowest BCUT2D eigenvalue weighted by molar-refractivity contribution is 0.0917. The lowest BCUT2D eigenvalue weighted by Crippen LogP contribution is -2.28. The minimum atomic E-state index is -0.963. The number of aliphatic hydroxyl groups excluding tert-OH is 1. The van der Waals surface area contributed by atoms with Crippen LogP contribution in [0.5, 0.6) is 17.2 Å². The molecule has 1 amide bonds. The molecule has 31 heavy (non-hydrogen) atoms. The first kappa shape index (κ1) is 22.9. The van der Waals surface area contributed by atoms with Gasteiger partial charge in [-0.3, -0.25) is 4.79 Å². The molecule has 9 heteroatoms. The van der Waals surface area contributed by atoms with E-state index in [1.165, 1.54) is 18.4 Å². The largest absolute Gasteiger partial charge is 0.497 e. The molecule has 1 unspecified atom stereocenters. The average molecular weight is 463 g/mol. The van der Waals surface area contributed by atoms with Gasteiger partial charge in [-0.1, -0.05) is 11.6 Å². The lowest BCUT2D eigenvalue weighted by atomic mass is 10.1. The van der Waals surface area contributed by atoms with E-state index in [4.69, 9.17) is 25.8 Å². The number of amides is 1. The number of benzene rings is 2. The smallest absolute Gasteiger partial charge is 0.263 e. The third kappa shape index (κ3) is 5.88. The van der Waals surface area contributed by atoms with E-state index in [1.807, 2.05) is 0 Å². The Morgan fingerprint density at radius 1 is 1.16 bits per heavy atom. The molecule has 0 saturated heterocycles. The molecule has 0 bridgehead atoms. The molecule has 0 spiro atoms. The molecule has 1 atom stereocenters. The zero-order valence-corrected chi connectivity index (χ0v) is 18.9. The van der Waals surface area contributed by atoms with Crippen LogP contribution in [0.3, 0.4) is 0 Å². The maximum Gasteiger partial charge on any atom is 0.263 e. The first-order valence-corrected chi connectivity index (χ1v) is 10.6. The molecule has 1 heterocycles. The van der Waals surface area contributed by atoms with Crippen molar-refractivity contribution in [1.82, 2.24) is 10.3 Å². The van der Waals surface area contributed by atoms with E-state index in [-0.39, 0.29) is 19.1 Å². The van der Waals surface area contributed by atoms with E-state index < -0.39 is 6.10 Å². The molecule has 0 fully saturated rings. The zero-order chi connectivity index (χ0) is 22.4. The van der Waals surface area contributed by atoms with Crippen molar-refractivity contribution in [3.8, 4) is 17.2 Å². The molecule has 1 aromatic heterocycles. The molecule has 0 aliphatic rings. The van der Waals surface area contributed by atoms with E-state index in [0.717, 1.165) is 0 Å². The van der Waals surface area contributed by atoms with Gasteiger partial charge in [0.05, 0.1) is 19.9 Å². The number of hydrogen-bond acceptors (Lipinski definition) is 7. The fourth-order valence-electron chi connectivity index (χ4n) is 2.88. The predicted molar refractivity (Wildman–Crippen MR) is 119 cm³/mol. The van der Waals surface area contributed by atoms with Crippen LogP contribution in [0, 0.1) is 6.92 Å². The first-order valence-electron chi connectivity index (χ1n) is 9.44. The summed E-state index contributed by atoms with van der Waals surface area (Å²) < 4.78 is 16.2. The van der Waals surface area contributed by atoms with Gasteiger partial charge in [0, 0.05) is 17.1 Å². The third-order valence-electron chi connectivity index (χ3n) is 4.47. The molecule has 3 rings (SSSR count). The van der Waals surface area contributed by atoms with E-state index in [9.17, 15) is 9.90 Å². The molecule has 0 saturated carbocycles. The van der Waals surface area contributed by atoms with Crippen LogP contribution in [-0.2, 0) is 6.61 Å². The second-order valence-electron chi connectivity index (χ2n) is 6.60. The van der Waals surface area contributed by atoms with Crippen molar-refractivity contribution >= 4 is 28.8 Å². The van der Waals surface area contributed by atoms with E-state index >= 15 is 0 Å². The number of methoxy groups -OCH3 is 2. The quantitative estimate of drug-likeness (QED) is 0.496. The van der Waals surface area contributed by atoms with Crippen LogP contribution < -0.4 is 19.5 Å². The highest BCUT2D eigenvalue weighted by molar-refractivity contribution is 7.13. The Labute approximate surface area is 189 Å². The Morgan fingerprint density at radius 3 is 2.55 bits per heavy atom. The van der Waals surface area contributed by atoms with Crippen molar-refractivity contribution in [2.75, 3.05) is 20.8 Å². The van der Waals surface area contributed by atoms with E-state index in [2.05, 4.69) is 10.3 Å². The number of nitrogens with zero attached hydrogens (tertiary/aromatic N) is 1. The Hall–Kier alpha value is -2.81. The van der Waals surface area contributed by atoms with Gasteiger partial charge in [-0.25, -0.2) is 4.98 Å². The summed E-state index contributed by atoms with van der Waals surface area (Å²) in [5.41, 5.74) is 1.13. The zero-order valence-electron chi connectivity index (χ0n) is 17.3. The number of halogens is 1. The molecule has 7 nitrogen and oxygen atoms in total. The van der Waals surface area contributed by atoms with Crippen LogP contribution in [0.2, 0.25) is 5.02 Å². The first-order chi connectivity index (χ1) is 14.9. The fraction of sp³-hybridized carbons (Fsp3) is 0.273. The summed E-state index contributed by atoms with van der Waals surface area (Å²) in [7, 11) is 3.06. The molecule has 0 aliphatic heterocycles. The maximum absolute atomic E-state index is 12.6. The number of aryl methyl sites for hydroxylation is 1. The average Bonchev–Trinajstić information content (AvgIpc) is 3.16. The summed E-state index contributed by atoms with van der Waals surface area (Å²) in [5.74, 6) is 1.45. The normalized spacial score (nSPS) is 11.6. The summed E-state index contributed by atoms with van der Waals surface area (Å²) >= 11 is 7.12. The second kappa shape index (κ2) is 10.5. The minimum Gasteiger partial charge on any atom is -0.497 e. The molecule has 3 aromatic rings. The molecule has 164 valence electrons. The van der Waals surface area contributed by atoms with Crippen LogP contribution >= 0.6 is 22.9 Å². The molecule has 0 aliphatic carbocycles. The highest BCUT2D eigenvalue weighted by Gasteiger charge is 2.19. The lowest BCUT2D eigenvalue weighted by Gasteiger charge is -2.16. The summed E-state index contributed by atoms with van der Waals surface area (Å²) in [6, 6.07) is 12.1. The number of aromatic nitrogens is 1. The highest BCUT2D eigenvalue weighted by atomic mass is 35.5. The van der Waals surface area contributed by atoms with Gasteiger partial charge in [0.25, 0.3) is 5.91 Å². The Morgan fingerprint density at radius 2 is 1.87 bits per heavy atom. The fourth-order valence-corrected chi connectivity index (χ4v) is 3.90. The molecule has 2 N–H and O–H groups in total. The van der Waals surface area contributed by atoms with Gasteiger partial charge < -0.3 is 24.6 Å². The third-order valence-corrected chi connectivity index (χ3v) is 5.86. The number of ether oxygens (including phenoxy) is 3. The molecular formula is C22H23ClN2O5S. The minimum absolute atomic E-state index is 0.0102. The number of thiazole rings is 1. The highest BCUT2D eigenvalue weighted by Crippen LogP contribution is 2.29. The van der Waals surface area contributed by atoms with Gasteiger partial charge in [0.15, 0.2) is 0 Å². The number of nitrogens with one attached hydrogen (secondary N) is 1. The topological polar surface area (TPSA) is 89.9 Å². The molecule has 0 radical (unpaired) electrons. The van der Waals surface area contributed by atoms with Crippen molar-refractivity contribution in [3.63, 3.8) is 0 Å². The van der Waals surface area contributed by atoms with Gasteiger partial charge in [-0.15, -0.1) is 11.3 Å². The molecule has 2 aromatic carbocycles. The summed E-state index contributed by atoms with van der Waals surface area (Å²) in [5, 5.41) is 14.6. The summed E-state index contributed by atoms with van der Waals surface area (Å²) in [6.07, 6.45) is -0.963. The number of carbonyl (C=O) groups excluding carboxylic acids is 1. The van der Waals surface area contributed by atoms with E-state index in [1.54, 1.807) is 56.5 Å². The maximum atomic E-state index is 12.6. The van der Waals surface area contributed by atoms with Crippen LogP contribution in [0.15, 0.2) is 42.5 Å². The second-order valence-corrected chi connectivity index (χ2v) is 8.12. The van der Waals surface area contributed by atoms with E-state index in [0.29, 0.717) is 43.4 Å². The van der Waals surface area contributed by atoms with Crippen LogP contribution in [0.25, 0.3) is 0 Å². The van der Waals surface area contributed by atoms with Gasteiger partial charge in [-0.05, 0) is 49.4 Å². The predicted octanol–water partition coefficient (Wildman–Crippen LogP) is 4.16. The number of carbonyl (C=O) groups is 1. The Balaban J connectivity index is 1.61. The number of rotatable bonds is 9. The van der Waals surface area contributed by atoms with Crippen molar-refractivity contribution < 1.29 is 24.1 Å².